The smallest absolute Gasteiger partial charge is 0.258 e. The van der Waals surface area contributed by atoms with Gasteiger partial charge in [0.2, 0.25) is 5.91 Å². The summed E-state index contributed by atoms with van der Waals surface area (Å²) in [6.45, 7) is -0.192. The highest BCUT2D eigenvalue weighted by Gasteiger charge is 2.08. The summed E-state index contributed by atoms with van der Waals surface area (Å²) >= 11 is 0. The Morgan fingerprint density at radius 2 is 1.91 bits per heavy atom. The van der Waals surface area contributed by atoms with Crippen LogP contribution in [-0.4, -0.2) is 30.1 Å². The normalized spacial score (nSPS) is 10.0. The van der Waals surface area contributed by atoms with Crippen molar-refractivity contribution in [2.45, 2.75) is 6.54 Å². The van der Waals surface area contributed by atoms with Crippen LogP contribution in [0, 0.1) is 0 Å². The van der Waals surface area contributed by atoms with Gasteiger partial charge in [-0.2, -0.15) is 0 Å². The molecule has 1 aromatic heterocycles. The number of para-hydroxylation sites is 2. The number of furan rings is 1. The third-order valence-electron chi connectivity index (χ3n) is 2.71. The van der Waals surface area contributed by atoms with E-state index >= 15 is 0 Å². The Balaban J connectivity index is 1.65. The SMILES string of the molecule is O=C(CNC(=O)COc1ccccc1O)NCc1ccco1. The molecule has 0 saturated heterocycles. The number of nitrogens with one attached hydrogen (secondary N) is 2. The first-order valence-corrected chi connectivity index (χ1v) is 6.61. The van der Waals surface area contributed by atoms with E-state index in [-0.39, 0.29) is 37.1 Å². The van der Waals surface area contributed by atoms with E-state index < -0.39 is 5.91 Å². The zero-order chi connectivity index (χ0) is 15.8. The minimum atomic E-state index is -0.462. The fourth-order valence-corrected chi connectivity index (χ4v) is 1.61. The van der Waals surface area contributed by atoms with Crippen LogP contribution >= 0.6 is 0 Å². The van der Waals surface area contributed by atoms with Crippen molar-refractivity contribution < 1.29 is 23.8 Å². The number of phenols is 1. The van der Waals surface area contributed by atoms with Crippen LogP contribution in [0.25, 0.3) is 0 Å². The number of amides is 2. The third-order valence-corrected chi connectivity index (χ3v) is 2.71. The third kappa shape index (κ3) is 4.86. The van der Waals surface area contributed by atoms with Crippen LogP contribution in [-0.2, 0) is 16.1 Å². The molecule has 116 valence electrons. The van der Waals surface area contributed by atoms with Crippen molar-refractivity contribution in [3.05, 3.63) is 48.4 Å². The maximum Gasteiger partial charge on any atom is 0.258 e. The highest BCUT2D eigenvalue weighted by Crippen LogP contribution is 2.23. The second kappa shape index (κ2) is 7.72. The lowest BCUT2D eigenvalue weighted by Crippen LogP contribution is -2.38. The number of rotatable bonds is 7. The lowest BCUT2D eigenvalue weighted by atomic mass is 10.3. The van der Waals surface area contributed by atoms with Crippen molar-refractivity contribution in [3.8, 4) is 11.5 Å². The number of aromatic hydroxyl groups is 1. The Bertz CT molecular complexity index is 625. The molecule has 22 heavy (non-hydrogen) atoms. The summed E-state index contributed by atoms with van der Waals surface area (Å²) in [5.41, 5.74) is 0. The number of carbonyl (C=O) groups excluding carboxylic acids is 2. The average molecular weight is 304 g/mol. The van der Waals surface area contributed by atoms with Gasteiger partial charge in [-0.1, -0.05) is 12.1 Å². The fraction of sp³-hybridized carbons (Fsp3) is 0.200. The van der Waals surface area contributed by atoms with E-state index in [1.165, 1.54) is 12.3 Å². The highest BCUT2D eigenvalue weighted by molar-refractivity contribution is 5.85. The van der Waals surface area contributed by atoms with Gasteiger partial charge in [0.25, 0.3) is 5.91 Å². The van der Waals surface area contributed by atoms with Crippen LogP contribution in [0.1, 0.15) is 5.76 Å². The van der Waals surface area contributed by atoms with E-state index in [9.17, 15) is 14.7 Å². The second-order valence-electron chi connectivity index (χ2n) is 4.39. The van der Waals surface area contributed by atoms with Gasteiger partial charge in [0.05, 0.1) is 19.4 Å². The molecular formula is C15H16N2O5. The van der Waals surface area contributed by atoms with Gasteiger partial charge in [0.15, 0.2) is 18.1 Å². The summed E-state index contributed by atoms with van der Waals surface area (Å²) in [5.74, 6) is -0.0160. The van der Waals surface area contributed by atoms with Gasteiger partial charge in [0, 0.05) is 0 Å². The summed E-state index contributed by atoms with van der Waals surface area (Å²) in [7, 11) is 0. The van der Waals surface area contributed by atoms with Crippen LogP contribution in [0.4, 0.5) is 0 Å². The van der Waals surface area contributed by atoms with Crippen molar-refractivity contribution in [2.24, 2.45) is 0 Å². The van der Waals surface area contributed by atoms with E-state index in [0.717, 1.165) is 0 Å². The molecular weight excluding hydrogens is 288 g/mol. The fourth-order valence-electron chi connectivity index (χ4n) is 1.61. The number of phenolic OH excluding ortho intramolecular Hbond substituents is 1. The van der Waals surface area contributed by atoms with E-state index in [0.29, 0.717) is 5.76 Å². The summed E-state index contributed by atoms with van der Waals surface area (Å²) < 4.78 is 10.2. The van der Waals surface area contributed by atoms with Crippen LogP contribution in [0.15, 0.2) is 47.1 Å². The Kier molecular flexibility index (Phi) is 5.42. The molecule has 0 aliphatic heterocycles. The molecule has 0 aliphatic carbocycles. The number of ether oxygens (including phenoxy) is 1. The van der Waals surface area contributed by atoms with Crippen molar-refractivity contribution in [2.75, 3.05) is 13.2 Å². The van der Waals surface area contributed by atoms with E-state index in [1.54, 1.807) is 30.3 Å². The molecule has 0 saturated carbocycles. The number of hydrogen-bond donors (Lipinski definition) is 3. The van der Waals surface area contributed by atoms with Gasteiger partial charge in [-0.25, -0.2) is 0 Å². The average Bonchev–Trinajstić information content (AvgIpc) is 3.03. The van der Waals surface area contributed by atoms with Gasteiger partial charge < -0.3 is 24.9 Å². The molecule has 0 unspecified atom stereocenters. The van der Waals surface area contributed by atoms with E-state index in [4.69, 9.17) is 9.15 Å². The highest BCUT2D eigenvalue weighted by atomic mass is 16.5. The first-order valence-electron chi connectivity index (χ1n) is 6.61. The lowest BCUT2D eigenvalue weighted by Gasteiger charge is -2.08. The van der Waals surface area contributed by atoms with Crippen LogP contribution in [0.5, 0.6) is 11.5 Å². The molecule has 0 fully saturated rings. The van der Waals surface area contributed by atoms with Crippen molar-refractivity contribution in [1.29, 1.82) is 0 Å². The number of carbonyl (C=O) groups is 2. The molecule has 0 radical (unpaired) electrons. The monoisotopic (exact) mass is 304 g/mol. The molecule has 2 aromatic rings. The Labute approximate surface area is 126 Å². The molecule has 0 bridgehead atoms. The summed E-state index contributed by atoms with van der Waals surface area (Å²) in [5, 5.41) is 14.5. The summed E-state index contributed by atoms with van der Waals surface area (Å²) in [4.78, 5) is 23.1. The first kappa shape index (κ1) is 15.4. The lowest BCUT2D eigenvalue weighted by molar-refractivity contribution is -0.127. The van der Waals surface area contributed by atoms with Crippen molar-refractivity contribution in [1.82, 2.24) is 10.6 Å². The molecule has 2 amide bonds. The van der Waals surface area contributed by atoms with Crippen LogP contribution < -0.4 is 15.4 Å². The largest absolute Gasteiger partial charge is 0.504 e. The van der Waals surface area contributed by atoms with E-state index in [2.05, 4.69) is 10.6 Å². The Hall–Kier alpha value is -2.96. The maximum absolute atomic E-state index is 11.5. The number of benzene rings is 1. The van der Waals surface area contributed by atoms with Crippen LogP contribution in [0.3, 0.4) is 0 Å². The van der Waals surface area contributed by atoms with Crippen LogP contribution in [0.2, 0.25) is 0 Å². The maximum atomic E-state index is 11.5. The molecule has 0 spiro atoms. The van der Waals surface area contributed by atoms with E-state index in [1.807, 2.05) is 0 Å². The minimum Gasteiger partial charge on any atom is -0.504 e. The van der Waals surface area contributed by atoms with Gasteiger partial charge >= 0.3 is 0 Å². The Morgan fingerprint density at radius 3 is 2.64 bits per heavy atom. The molecule has 3 N–H and O–H groups in total. The molecule has 1 heterocycles. The minimum absolute atomic E-state index is 0.0495. The Morgan fingerprint density at radius 1 is 1.09 bits per heavy atom. The standard InChI is InChI=1S/C15H16N2O5/c18-12-5-1-2-6-13(12)22-10-15(20)17-9-14(19)16-8-11-4-3-7-21-11/h1-7,18H,8-10H2,(H,16,19)(H,17,20). The molecule has 0 atom stereocenters. The van der Waals surface area contributed by atoms with Gasteiger partial charge in [0.1, 0.15) is 5.76 Å². The number of hydrogen-bond acceptors (Lipinski definition) is 5. The van der Waals surface area contributed by atoms with Gasteiger partial charge in [-0.3, -0.25) is 9.59 Å². The van der Waals surface area contributed by atoms with Crippen molar-refractivity contribution in [3.63, 3.8) is 0 Å². The van der Waals surface area contributed by atoms with Crippen molar-refractivity contribution >= 4 is 11.8 Å². The zero-order valence-corrected chi connectivity index (χ0v) is 11.7. The first-order chi connectivity index (χ1) is 10.6. The van der Waals surface area contributed by atoms with Gasteiger partial charge in [-0.05, 0) is 24.3 Å². The molecule has 7 heteroatoms. The second-order valence-corrected chi connectivity index (χ2v) is 4.39. The molecule has 7 nitrogen and oxygen atoms in total. The molecule has 1 aromatic carbocycles. The predicted molar refractivity (Wildman–Crippen MR) is 77.2 cm³/mol. The van der Waals surface area contributed by atoms with Gasteiger partial charge in [-0.15, -0.1) is 0 Å². The topological polar surface area (TPSA) is 101 Å². The molecule has 2 rings (SSSR count). The molecule has 0 aliphatic rings. The summed E-state index contributed by atoms with van der Waals surface area (Å²) in [6.07, 6.45) is 1.51. The predicted octanol–water partition coefficient (Wildman–Crippen LogP) is 0.797. The zero-order valence-electron chi connectivity index (χ0n) is 11.7. The quantitative estimate of drug-likeness (QED) is 0.702. The summed E-state index contributed by atoms with van der Waals surface area (Å²) in [6, 6.07) is 9.77.